The molecule has 1 aliphatic heterocycles. The van der Waals surface area contributed by atoms with E-state index in [2.05, 4.69) is 17.1 Å². The molecule has 1 aliphatic carbocycles. The second-order valence-corrected chi connectivity index (χ2v) is 7.72. The number of fused-ring (bicyclic) bond motifs is 1. The SMILES string of the molecule is CCCN1C(=O)CC[C@]2(CNC(=O)Cc3ccsc3)CCC[C@@H]12. The Bertz CT molecular complexity index is 557. The highest BCUT2D eigenvalue weighted by Crippen LogP contribution is 2.47. The van der Waals surface area contributed by atoms with Gasteiger partial charge in [-0.3, -0.25) is 9.59 Å². The van der Waals surface area contributed by atoms with Gasteiger partial charge in [-0.15, -0.1) is 0 Å². The summed E-state index contributed by atoms with van der Waals surface area (Å²) in [6.07, 6.45) is 6.41. The van der Waals surface area contributed by atoms with Crippen molar-refractivity contribution >= 4 is 23.2 Å². The fourth-order valence-electron chi connectivity index (χ4n) is 4.30. The molecule has 0 aromatic carbocycles. The molecule has 1 saturated carbocycles. The van der Waals surface area contributed by atoms with Crippen molar-refractivity contribution in [2.45, 2.75) is 57.9 Å². The van der Waals surface area contributed by atoms with E-state index in [4.69, 9.17) is 0 Å². The van der Waals surface area contributed by atoms with Gasteiger partial charge in [0.1, 0.15) is 0 Å². The molecular formula is C18H26N2O2S. The molecular weight excluding hydrogens is 308 g/mol. The van der Waals surface area contributed by atoms with Crippen LogP contribution in [0.4, 0.5) is 0 Å². The molecule has 23 heavy (non-hydrogen) atoms. The van der Waals surface area contributed by atoms with E-state index in [1.165, 1.54) is 6.42 Å². The van der Waals surface area contributed by atoms with Crippen molar-refractivity contribution in [2.75, 3.05) is 13.1 Å². The summed E-state index contributed by atoms with van der Waals surface area (Å²) in [4.78, 5) is 26.6. The zero-order chi connectivity index (χ0) is 16.3. The molecule has 3 rings (SSSR count). The number of hydrogen-bond donors (Lipinski definition) is 1. The van der Waals surface area contributed by atoms with Crippen LogP contribution >= 0.6 is 11.3 Å². The van der Waals surface area contributed by atoms with Gasteiger partial charge in [0.15, 0.2) is 0 Å². The predicted molar refractivity (Wildman–Crippen MR) is 92.3 cm³/mol. The van der Waals surface area contributed by atoms with Crippen LogP contribution in [0.5, 0.6) is 0 Å². The number of thiophene rings is 1. The zero-order valence-corrected chi connectivity index (χ0v) is 14.7. The summed E-state index contributed by atoms with van der Waals surface area (Å²) < 4.78 is 0. The largest absolute Gasteiger partial charge is 0.355 e. The minimum Gasteiger partial charge on any atom is -0.355 e. The summed E-state index contributed by atoms with van der Waals surface area (Å²) in [6, 6.07) is 2.33. The molecule has 4 nitrogen and oxygen atoms in total. The van der Waals surface area contributed by atoms with Crippen LogP contribution < -0.4 is 5.32 Å². The first-order chi connectivity index (χ1) is 11.1. The Morgan fingerprint density at radius 1 is 1.48 bits per heavy atom. The summed E-state index contributed by atoms with van der Waals surface area (Å²) in [5.41, 5.74) is 1.19. The molecule has 1 N–H and O–H groups in total. The number of rotatable bonds is 6. The molecule has 2 aliphatic rings. The highest BCUT2D eigenvalue weighted by Gasteiger charge is 2.49. The van der Waals surface area contributed by atoms with Gasteiger partial charge in [-0.2, -0.15) is 11.3 Å². The molecule has 1 aromatic heterocycles. The van der Waals surface area contributed by atoms with E-state index in [0.29, 0.717) is 31.3 Å². The molecule has 1 saturated heterocycles. The van der Waals surface area contributed by atoms with Gasteiger partial charge in [0.05, 0.1) is 6.42 Å². The van der Waals surface area contributed by atoms with Gasteiger partial charge in [-0.25, -0.2) is 0 Å². The minimum absolute atomic E-state index is 0.0994. The predicted octanol–water partition coefficient (Wildman–Crippen LogP) is 2.98. The van der Waals surface area contributed by atoms with Gasteiger partial charge in [0, 0.05) is 31.0 Å². The third-order valence-electron chi connectivity index (χ3n) is 5.44. The molecule has 2 atom stereocenters. The number of piperidine rings is 1. The Kier molecular flexibility index (Phi) is 5.05. The van der Waals surface area contributed by atoms with E-state index in [-0.39, 0.29) is 11.3 Å². The van der Waals surface area contributed by atoms with Crippen molar-refractivity contribution < 1.29 is 9.59 Å². The number of amides is 2. The second-order valence-electron chi connectivity index (χ2n) is 6.94. The fraction of sp³-hybridized carbons (Fsp3) is 0.667. The van der Waals surface area contributed by atoms with Crippen LogP contribution in [0.2, 0.25) is 0 Å². The maximum Gasteiger partial charge on any atom is 0.224 e. The van der Waals surface area contributed by atoms with E-state index in [9.17, 15) is 9.59 Å². The molecule has 5 heteroatoms. The lowest BCUT2D eigenvalue weighted by atomic mass is 9.74. The topological polar surface area (TPSA) is 49.4 Å². The van der Waals surface area contributed by atoms with Gasteiger partial charge >= 0.3 is 0 Å². The standard InChI is InChI=1S/C18H26N2O2S/c1-2-9-20-15-4-3-7-18(15,8-5-17(20)22)13-19-16(21)11-14-6-10-23-12-14/h6,10,12,15H,2-5,7-9,11,13H2,1H3,(H,19,21)/t15-,18+/m1/s1. The zero-order valence-electron chi connectivity index (χ0n) is 13.8. The second kappa shape index (κ2) is 7.04. The van der Waals surface area contributed by atoms with E-state index >= 15 is 0 Å². The van der Waals surface area contributed by atoms with E-state index in [0.717, 1.165) is 37.8 Å². The molecule has 0 unspecified atom stereocenters. The summed E-state index contributed by atoms with van der Waals surface area (Å²) >= 11 is 1.62. The third-order valence-corrected chi connectivity index (χ3v) is 6.17. The minimum atomic E-state index is 0.0994. The van der Waals surface area contributed by atoms with Crippen molar-refractivity contribution in [3.63, 3.8) is 0 Å². The monoisotopic (exact) mass is 334 g/mol. The molecule has 2 fully saturated rings. The third kappa shape index (κ3) is 3.44. The van der Waals surface area contributed by atoms with Crippen LogP contribution in [0.15, 0.2) is 16.8 Å². The Morgan fingerprint density at radius 3 is 3.09 bits per heavy atom. The van der Waals surface area contributed by atoms with Crippen molar-refractivity contribution in [2.24, 2.45) is 5.41 Å². The number of hydrogen-bond acceptors (Lipinski definition) is 3. The number of carbonyl (C=O) groups excluding carboxylic acids is 2. The van der Waals surface area contributed by atoms with Crippen molar-refractivity contribution in [1.82, 2.24) is 10.2 Å². The van der Waals surface area contributed by atoms with Crippen LogP contribution in [0, 0.1) is 5.41 Å². The first kappa shape index (κ1) is 16.5. The van der Waals surface area contributed by atoms with Gasteiger partial charge < -0.3 is 10.2 Å². The van der Waals surface area contributed by atoms with Crippen LogP contribution in [0.25, 0.3) is 0 Å². The summed E-state index contributed by atoms with van der Waals surface area (Å²) in [5.74, 6) is 0.404. The fourth-order valence-corrected chi connectivity index (χ4v) is 4.97. The van der Waals surface area contributed by atoms with Crippen LogP contribution in [0.1, 0.15) is 51.0 Å². The molecule has 0 bridgehead atoms. The van der Waals surface area contributed by atoms with Crippen molar-refractivity contribution in [3.05, 3.63) is 22.4 Å². The lowest BCUT2D eigenvalue weighted by molar-refractivity contribution is -0.141. The molecule has 1 aromatic rings. The highest BCUT2D eigenvalue weighted by atomic mass is 32.1. The number of carbonyl (C=O) groups is 2. The lowest BCUT2D eigenvalue weighted by Gasteiger charge is -2.46. The number of nitrogens with one attached hydrogen (secondary N) is 1. The van der Waals surface area contributed by atoms with Crippen LogP contribution in [-0.2, 0) is 16.0 Å². The van der Waals surface area contributed by atoms with Gasteiger partial charge in [0.25, 0.3) is 0 Å². The highest BCUT2D eigenvalue weighted by molar-refractivity contribution is 7.07. The van der Waals surface area contributed by atoms with E-state index in [1.807, 2.05) is 16.8 Å². The maximum atomic E-state index is 12.3. The Labute approximate surface area is 142 Å². The molecule has 0 radical (unpaired) electrons. The Hall–Kier alpha value is -1.36. The van der Waals surface area contributed by atoms with Gasteiger partial charge in [-0.1, -0.05) is 13.3 Å². The Balaban J connectivity index is 1.63. The van der Waals surface area contributed by atoms with Crippen LogP contribution in [-0.4, -0.2) is 35.8 Å². The number of likely N-dealkylation sites (tertiary alicyclic amines) is 1. The lowest BCUT2D eigenvalue weighted by Crippen LogP contribution is -2.56. The Morgan fingerprint density at radius 2 is 2.35 bits per heavy atom. The van der Waals surface area contributed by atoms with Gasteiger partial charge in [0.2, 0.25) is 11.8 Å². The summed E-state index contributed by atoms with van der Waals surface area (Å²) in [7, 11) is 0. The molecule has 2 amide bonds. The van der Waals surface area contributed by atoms with Gasteiger partial charge in [-0.05, 0) is 48.1 Å². The average molecular weight is 334 g/mol. The summed E-state index contributed by atoms with van der Waals surface area (Å²) in [5, 5.41) is 7.19. The quantitative estimate of drug-likeness (QED) is 0.869. The average Bonchev–Trinajstić information content (AvgIpc) is 3.18. The maximum absolute atomic E-state index is 12.3. The molecule has 126 valence electrons. The molecule has 0 spiro atoms. The van der Waals surface area contributed by atoms with Crippen LogP contribution in [0.3, 0.4) is 0 Å². The smallest absolute Gasteiger partial charge is 0.224 e. The number of nitrogens with zero attached hydrogens (tertiary/aromatic N) is 1. The normalized spacial score (nSPS) is 27.1. The van der Waals surface area contributed by atoms with Crippen molar-refractivity contribution in [3.8, 4) is 0 Å². The first-order valence-corrected chi connectivity index (χ1v) is 9.66. The first-order valence-electron chi connectivity index (χ1n) is 8.72. The molecule has 2 heterocycles. The van der Waals surface area contributed by atoms with E-state index in [1.54, 1.807) is 11.3 Å². The van der Waals surface area contributed by atoms with E-state index < -0.39 is 0 Å². The van der Waals surface area contributed by atoms with Crippen molar-refractivity contribution in [1.29, 1.82) is 0 Å². The summed E-state index contributed by atoms with van der Waals surface area (Å²) in [6.45, 7) is 3.70.